The Labute approximate surface area is 108 Å². The number of ketones is 1. The topological polar surface area (TPSA) is 89.5 Å². The summed E-state index contributed by atoms with van der Waals surface area (Å²) in [6.45, 7) is 1.64. The number of carboxylic acids is 1. The van der Waals surface area contributed by atoms with Crippen molar-refractivity contribution in [2.45, 2.75) is 13.3 Å². The van der Waals surface area contributed by atoms with Crippen molar-refractivity contribution in [2.75, 3.05) is 0 Å². The number of aryl methyl sites for hydroxylation is 1. The lowest BCUT2D eigenvalue weighted by Gasteiger charge is -2.08. The molecule has 6 nitrogen and oxygen atoms in total. The van der Waals surface area contributed by atoms with Gasteiger partial charge in [-0.3, -0.25) is 14.2 Å². The summed E-state index contributed by atoms with van der Waals surface area (Å²) in [5.74, 6) is -3.20. The predicted molar refractivity (Wildman–Crippen MR) is 67.2 cm³/mol. The number of Topliss-reactive ketones (excluding diaryl/α,β-unsaturated/α-hetero) is 1. The van der Waals surface area contributed by atoms with Crippen molar-refractivity contribution in [3.8, 4) is 0 Å². The van der Waals surface area contributed by atoms with Crippen LogP contribution < -0.4 is 5.76 Å². The first-order valence-electron chi connectivity index (χ1n) is 5.82. The number of aromatic nitrogens is 1. The number of hydrogen-bond acceptors (Lipinski definition) is 4. The van der Waals surface area contributed by atoms with Gasteiger partial charge in [0.1, 0.15) is 5.92 Å². The Hall–Kier alpha value is -2.37. The predicted octanol–water partition coefficient (Wildman–Crippen LogP) is 1.43. The third-order valence-corrected chi connectivity index (χ3v) is 3.10. The van der Waals surface area contributed by atoms with Crippen LogP contribution in [0, 0.1) is 5.92 Å². The van der Waals surface area contributed by atoms with Crippen molar-refractivity contribution in [3.63, 3.8) is 0 Å². The molecule has 1 unspecified atom stereocenters. The number of benzene rings is 1. The summed E-state index contributed by atoms with van der Waals surface area (Å²) in [5.41, 5.74) is 1.10. The molecule has 2 aromatic rings. The van der Waals surface area contributed by atoms with Gasteiger partial charge in [-0.2, -0.15) is 0 Å². The average molecular weight is 263 g/mol. The number of carbonyl (C=O) groups excluding carboxylic acids is 1. The second-order valence-corrected chi connectivity index (χ2v) is 4.27. The molecule has 0 aliphatic carbocycles. The zero-order chi connectivity index (χ0) is 14.2. The molecule has 19 heavy (non-hydrogen) atoms. The molecular weight excluding hydrogens is 250 g/mol. The number of nitrogens with zero attached hydrogens (tertiary/aromatic N) is 1. The summed E-state index contributed by atoms with van der Waals surface area (Å²) in [5, 5.41) is 8.98. The molecule has 0 bridgehead atoms. The van der Waals surface area contributed by atoms with Crippen LogP contribution in [-0.4, -0.2) is 21.4 Å². The lowest BCUT2D eigenvalue weighted by Crippen LogP contribution is -2.23. The molecule has 0 saturated carbocycles. The molecule has 2 rings (SSSR count). The first-order valence-corrected chi connectivity index (χ1v) is 5.82. The largest absolute Gasteiger partial charge is 0.481 e. The Morgan fingerprint density at radius 1 is 1.42 bits per heavy atom. The summed E-state index contributed by atoms with van der Waals surface area (Å²) in [7, 11) is 1.52. The number of fused-ring (bicyclic) bond motifs is 1. The monoisotopic (exact) mass is 263 g/mol. The number of carbonyl (C=O) groups is 2. The molecule has 1 N–H and O–H groups in total. The van der Waals surface area contributed by atoms with Crippen molar-refractivity contribution in [3.05, 3.63) is 34.3 Å². The van der Waals surface area contributed by atoms with E-state index >= 15 is 0 Å². The summed E-state index contributed by atoms with van der Waals surface area (Å²) < 4.78 is 6.22. The second-order valence-electron chi connectivity index (χ2n) is 4.27. The van der Waals surface area contributed by atoms with Gasteiger partial charge in [-0.15, -0.1) is 0 Å². The minimum atomic E-state index is -1.14. The third kappa shape index (κ3) is 2.16. The Morgan fingerprint density at radius 2 is 2.11 bits per heavy atom. The van der Waals surface area contributed by atoms with Gasteiger partial charge in [0.2, 0.25) is 0 Å². The highest BCUT2D eigenvalue weighted by atomic mass is 16.4. The lowest BCUT2D eigenvalue weighted by molar-refractivity contribution is -0.140. The van der Waals surface area contributed by atoms with E-state index in [0.29, 0.717) is 11.1 Å². The highest BCUT2D eigenvalue weighted by Crippen LogP contribution is 2.18. The van der Waals surface area contributed by atoms with Crippen LogP contribution in [0.4, 0.5) is 0 Å². The molecule has 1 heterocycles. The Morgan fingerprint density at radius 3 is 2.68 bits per heavy atom. The molecule has 0 fully saturated rings. The van der Waals surface area contributed by atoms with Crippen molar-refractivity contribution < 1.29 is 19.1 Å². The fourth-order valence-electron chi connectivity index (χ4n) is 1.95. The normalized spacial score (nSPS) is 12.5. The number of hydrogen-bond donors (Lipinski definition) is 1. The van der Waals surface area contributed by atoms with Crippen LogP contribution in [0.3, 0.4) is 0 Å². The molecular formula is C13H13NO5. The highest BCUT2D eigenvalue weighted by molar-refractivity contribution is 6.09. The Bertz CT molecular complexity index is 709. The zero-order valence-electron chi connectivity index (χ0n) is 10.5. The SMILES string of the molecule is CCC(C(=O)O)C(=O)c1ccc2oc(=O)n(C)c2c1. The smallest absolute Gasteiger partial charge is 0.419 e. The lowest BCUT2D eigenvalue weighted by atomic mass is 9.95. The van der Waals surface area contributed by atoms with Crippen LogP contribution in [-0.2, 0) is 11.8 Å². The molecule has 0 aliphatic heterocycles. The van der Waals surface area contributed by atoms with Crippen LogP contribution in [0.1, 0.15) is 23.7 Å². The maximum absolute atomic E-state index is 12.1. The Balaban J connectivity index is 2.51. The van der Waals surface area contributed by atoms with Crippen LogP contribution in [0.25, 0.3) is 11.1 Å². The molecule has 1 aromatic heterocycles. The van der Waals surface area contributed by atoms with Crippen molar-refractivity contribution in [2.24, 2.45) is 13.0 Å². The third-order valence-electron chi connectivity index (χ3n) is 3.10. The van der Waals surface area contributed by atoms with Gasteiger partial charge in [0, 0.05) is 12.6 Å². The minimum Gasteiger partial charge on any atom is -0.481 e. The first-order chi connectivity index (χ1) is 8.95. The van der Waals surface area contributed by atoms with Gasteiger partial charge in [0.15, 0.2) is 11.4 Å². The molecule has 6 heteroatoms. The first kappa shape index (κ1) is 13.1. The van der Waals surface area contributed by atoms with Crippen LogP contribution in [0.5, 0.6) is 0 Å². The molecule has 1 aromatic carbocycles. The van der Waals surface area contributed by atoms with E-state index in [1.807, 2.05) is 0 Å². The highest BCUT2D eigenvalue weighted by Gasteiger charge is 2.25. The van der Waals surface area contributed by atoms with E-state index in [2.05, 4.69) is 0 Å². The van der Waals surface area contributed by atoms with Crippen LogP contribution in [0.15, 0.2) is 27.4 Å². The molecule has 0 amide bonds. The Kier molecular flexibility index (Phi) is 3.25. The fourth-order valence-corrected chi connectivity index (χ4v) is 1.95. The summed E-state index contributed by atoms with van der Waals surface area (Å²) in [6.07, 6.45) is 0.219. The van der Waals surface area contributed by atoms with Gasteiger partial charge in [0.05, 0.1) is 5.52 Å². The zero-order valence-corrected chi connectivity index (χ0v) is 10.5. The molecule has 0 saturated heterocycles. The number of oxazole rings is 1. The second kappa shape index (κ2) is 4.72. The molecule has 0 radical (unpaired) electrons. The standard InChI is InChI=1S/C13H13NO5/c1-3-8(12(16)17)11(15)7-4-5-10-9(6-7)14(2)13(18)19-10/h4-6,8H,3H2,1-2H3,(H,16,17). The number of aliphatic carboxylic acids is 1. The maximum Gasteiger partial charge on any atom is 0.419 e. The average Bonchev–Trinajstić information content (AvgIpc) is 2.65. The fraction of sp³-hybridized carbons (Fsp3) is 0.308. The van der Waals surface area contributed by atoms with E-state index in [4.69, 9.17) is 9.52 Å². The maximum atomic E-state index is 12.1. The summed E-state index contributed by atoms with van der Waals surface area (Å²) in [6, 6.07) is 4.45. The number of carboxylic acid groups (broad SMARTS) is 1. The minimum absolute atomic E-state index is 0.219. The van der Waals surface area contributed by atoms with Crippen molar-refractivity contribution >= 4 is 22.9 Å². The number of rotatable bonds is 4. The van der Waals surface area contributed by atoms with E-state index in [-0.39, 0.29) is 12.0 Å². The quantitative estimate of drug-likeness (QED) is 0.665. The van der Waals surface area contributed by atoms with Gasteiger partial charge >= 0.3 is 11.7 Å². The summed E-state index contributed by atoms with van der Waals surface area (Å²) in [4.78, 5) is 34.4. The van der Waals surface area contributed by atoms with Gasteiger partial charge < -0.3 is 9.52 Å². The molecule has 0 aliphatic rings. The molecule has 100 valence electrons. The van der Waals surface area contributed by atoms with Gasteiger partial charge in [0.25, 0.3) is 0 Å². The van der Waals surface area contributed by atoms with Crippen molar-refractivity contribution in [1.29, 1.82) is 0 Å². The van der Waals surface area contributed by atoms with Crippen LogP contribution in [0.2, 0.25) is 0 Å². The molecule has 0 spiro atoms. The van der Waals surface area contributed by atoms with Gasteiger partial charge in [-0.25, -0.2) is 4.79 Å². The van der Waals surface area contributed by atoms with Crippen molar-refractivity contribution in [1.82, 2.24) is 4.57 Å². The van der Waals surface area contributed by atoms with Gasteiger partial charge in [-0.1, -0.05) is 6.92 Å². The summed E-state index contributed by atoms with van der Waals surface area (Å²) >= 11 is 0. The van der Waals surface area contributed by atoms with Gasteiger partial charge in [-0.05, 0) is 24.6 Å². The van der Waals surface area contributed by atoms with Crippen LogP contribution >= 0.6 is 0 Å². The van der Waals surface area contributed by atoms with E-state index in [0.717, 1.165) is 0 Å². The van der Waals surface area contributed by atoms with E-state index in [1.54, 1.807) is 6.92 Å². The van der Waals surface area contributed by atoms with E-state index in [1.165, 1.54) is 29.8 Å². The van der Waals surface area contributed by atoms with E-state index < -0.39 is 23.4 Å². The van der Waals surface area contributed by atoms with E-state index in [9.17, 15) is 14.4 Å². The molecule has 1 atom stereocenters.